The predicted octanol–water partition coefficient (Wildman–Crippen LogP) is 3.04. The average Bonchev–Trinajstić information content (AvgIpc) is 3.20. The third-order valence-corrected chi connectivity index (χ3v) is 3.75. The van der Waals surface area contributed by atoms with Crippen LogP contribution in [0, 0.1) is 0 Å². The van der Waals surface area contributed by atoms with Crippen LogP contribution in [0.2, 0.25) is 0 Å². The number of nitrogens with one attached hydrogen (secondary N) is 1. The molecule has 1 aromatic heterocycles. The highest BCUT2D eigenvalue weighted by atomic mass is 16.5. The van der Waals surface area contributed by atoms with Crippen molar-refractivity contribution in [3.63, 3.8) is 0 Å². The fourth-order valence-corrected chi connectivity index (χ4v) is 2.36. The minimum atomic E-state index is -0.336. The van der Waals surface area contributed by atoms with Gasteiger partial charge in [-0.3, -0.25) is 4.79 Å². The van der Waals surface area contributed by atoms with Gasteiger partial charge in [-0.05, 0) is 61.0 Å². The van der Waals surface area contributed by atoms with Crippen LogP contribution in [0.4, 0.5) is 0 Å². The summed E-state index contributed by atoms with van der Waals surface area (Å²) >= 11 is 0. The molecular formula is C20H20N4O3. The largest absolute Gasteiger partial charge is 0.497 e. The number of hydrazone groups is 1. The van der Waals surface area contributed by atoms with Crippen LogP contribution in [-0.2, 0) is 0 Å². The Balaban J connectivity index is 1.60. The molecular weight excluding hydrogens is 344 g/mol. The van der Waals surface area contributed by atoms with Gasteiger partial charge in [0.2, 0.25) is 0 Å². The van der Waals surface area contributed by atoms with Gasteiger partial charge < -0.3 is 9.47 Å². The first-order chi connectivity index (χ1) is 13.2. The van der Waals surface area contributed by atoms with Crippen LogP contribution >= 0.6 is 0 Å². The molecule has 0 aliphatic rings. The van der Waals surface area contributed by atoms with Crippen LogP contribution in [0.1, 0.15) is 22.8 Å². The van der Waals surface area contributed by atoms with Crippen molar-refractivity contribution in [3.05, 3.63) is 72.1 Å². The van der Waals surface area contributed by atoms with Crippen molar-refractivity contribution in [2.75, 3.05) is 13.7 Å². The topological polar surface area (TPSA) is 77.7 Å². The van der Waals surface area contributed by atoms with Crippen molar-refractivity contribution in [2.45, 2.75) is 6.92 Å². The molecule has 3 aromatic rings. The number of nitrogens with zero attached hydrogens (tertiary/aromatic N) is 3. The Bertz CT molecular complexity index is 915. The third kappa shape index (κ3) is 4.72. The maximum Gasteiger partial charge on any atom is 0.274 e. The highest BCUT2D eigenvalue weighted by molar-refractivity contribution is 5.94. The SMILES string of the molecule is CCOc1ccc(/C=N\NC(=O)c2cnn(-c3ccc(OC)cc3)c2)cc1. The number of benzene rings is 2. The summed E-state index contributed by atoms with van der Waals surface area (Å²) in [5.74, 6) is 1.22. The second kappa shape index (κ2) is 8.66. The Morgan fingerprint density at radius 1 is 1.15 bits per heavy atom. The van der Waals surface area contributed by atoms with Gasteiger partial charge in [0.05, 0.1) is 37.4 Å². The summed E-state index contributed by atoms with van der Waals surface area (Å²) < 4.78 is 12.1. The summed E-state index contributed by atoms with van der Waals surface area (Å²) in [7, 11) is 1.61. The molecule has 0 aliphatic carbocycles. The Labute approximate surface area is 157 Å². The predicted molar refractivity (Wildman–Crippen MR) is 103 cm³/mol. The number of hydrogen-bond donors (Lipinski definition) is 1. The van der Waals surface area contributed by atoms with Crippen molar-refractivity contribution in [3.8, 4) is 17.2 Å². The summed E-state index contributed by atoms with van der Waals surface area (Å²) in [5.41, 5.74) is 4.59. The van der Waals surface area contributed by atoms with Crippen molar-refractivity contribution in [1.29, 1.82) is 0 Å². The number of methoxy groups -OCH3 is 1. The lowest BCUT2D eigenvalue weighted by Crippen LogP contribution is -2.16. The van der Waals surface area contributed by atoms with Crippen LogP contribution in [0.15, 0.2) is 66.0 Å². The van der Waals surface area contributed by atoms with Crippen LogP contribution in [-0.4, -0.2) is 35.6 Å². The Morgan fingerprint density at radius 2 is 1.85 bits per heavy atom. The zero-order chi connectivity index (χ0) is 19.1. The zero-order valence-corrected chi connectivity index (χ0v) is 15.1. The Kier molecular flexibility index (Phi) is 5.84. The smallest absolute Gasteiger partial charge is 0.274 e. The minimum Gasteiger partial charge on any atom is -0.497 e. The molecule has 2 aromatic carbocycles. The van der Waals surface area contributed by atoms with Gasteiger partial charge in [-0.1, -0.05) is 0 Å². The van der Waals surface area contributed by atoms with E-state index >= 15 is 0 Å². The van der Waals surface area contributed by atoms with Gasteiger partial charge in [0.15, 0.2) is 0 Å². The molecule has 0 atom stereocenters. The van der Waals surface area contributed by atoms with Crippen molar-refractivity contribution < 1.29 is 14.3 Å². The summed E-state index contributed by atoms with van der Waals surface area (Å²) in [5, 5.41) is 8.18. The lowest BCUT2D eigenvalue weighted by Gasteiger charge is -2.03. The van der Waals surface area contributed by atoms with Gasteiger partial charge in [-0.25, -0.2) is 10.1 Å². The van der Waals surface area contributed by atoms with Gasteiger partial charge >= 0.3 is 0 Å². The molecule has 0 bridgehead atoms. The maximum atomic E-state index is 12.2. The van der Waals surface area contributed by atoms with E-state index in [1.54, 1.807) is 24.2 Å². The molecule has 27 heavy (non-hydrogen) atoms. The summed E-state index contributed by atoms with van der Waals surface area (Å²) in [6.45, 7) is 2.55. The van der Waals surface area contributed by atoms with Crippen molar-refractivity contribution in [2.24, 2.45) is 5.10 Å². The van der Waals surface area contributed by atoms with Crippen LogP contribution in [0.25, 0.3) is 5.69 Å². The molecule has 1 amide bonds. The molecule has 0 radical (unpaired) electrons. The fourth-order valence-electron chi connectivity index (χ4n) is 2.36. The number of amides is 1. The second-order valence-electron chi connectivity index (χ2n) is 5.57. The minimum absolute atomic E-state index is 0.336. The maximum absolute atomic E-state index is 12.2. The van der Waals surface area contributed by atoms with E-state index in [0.29, 0.717) is 12.2 Å². The van der Waals surface area contributed by atoms with Gasteiger partial charge in [-0.15, -0.1) is 0 Å². The van der Waals surface area contributed by atoms with E-state index in [0.717, 1.165) is 22.7 Å². The quantitative estimate of drug-likeness (QED) is 0.516. The molecule has 1 N–H and O–H groups in total. The molecule has 7 nitrogen and oxygen atoms in total. The van der Waals surface area contributed by atoms with E-state index in [-0.39, 0.29) is 5.91 Å². The first-order valence-electron chi connectivity index (χ1n) is 8.45. The monoisotopic (exact) mass is 364 g/mol. The van der Waals surface area contributed by atoms with E-state index in [4.69, 9.17) is 9.47 Å². The molecule has 3 rings (SSSR count). The fraction of sp³-hybridized carbons (Fsp3) is 0.150. The first-order valence-corrected chi connectivity index (χ1v) is 8.45. The van der Waals surface area contributed by atoms with E-state index in [1.807, 2.05) is 55.5 Å². The summed E-state index contributed by atoms with van der Waals surface area (Å²) in [4.78, 5) is 12.2. The molecule has 1 heterocycles. The van der Waals surface area contributed by atoms with Gasteiger partial charge in [0.25, 0.3) is 5.91 Å². The molecule has 0 aliphatic heterocycles. The lowest BCUT2D eigenvalue weighted by molar-refractivity contribution is 0.0955. The van der Waals surface area contributed by atoms with E-state index in [2.05, 4.69) is 15.6 Å². The first kappa shape index (κ1) is 18.2. The zero-order valence-electron chi connectivity index (χ0n) is 15.1. The van der Waals surface area contributed by atoms with E-state index in [9.17, 15) is 4.79 Å². The normalized spacial score (nSPS) is 10.7. The number of hydrogen-bond acceptors (Lipinski definition) is 5. The molecule has 0 saturated heterocycles. The van der Waals surface area contributed by atoms with Crippen LogP contribution in [0.3, 0.4) is 0 Å². The highest BCUT2D eigenvalue weighted by Crippen LogP contribution is 2.15. The Hall–Kier alpha value is -3.61. The van der Waals surface area contributed by atoms with Gasteiger partial charge in [-0.2, -0.15) is 10.2 Å². The number of carbonyl (C=O) groups excluding carboxylic acids is 1. The van der Waals surface area contributed by atoms with Gasteiger partial charge in [0, 0.05) is 6.20 Å². The number of aromatic nitrogens is 2. The average molecular weight is 364 g/mol. The molecule has 0 spiro atoms. The number of carbonyl (C=O) groups is 1. The number of rotatable bonds is 7. The van der Waals surface area contributed by atoms with Crippen molar-refractivity contribution in [1.82, 2.24) is 15.2 Å². The third-order valence-electron chi connectivity index (χ3n) is 3.75. The standard InChI is InChI=1S/C20H20N4O3/c1-3-27-19-8-4-15(5-9-19)12-21-23-20(25)16-13-22-24(14-16)17-6-10-18(26-2)11-7-17/h4-14H,3H2,1-2H3,(H,23,25)/b21-12-. The molecule has 0 unspecified atom stereocenters. The molecule has 7 heteroatoms. The van der Waals surface area contributed by atoms with Crippen LogP contribution in [0.5, 0.6) is 11.5 Å². The molecule has 0 fully saturated rings. The van der Waals surface area contributed by atoms with Crippen molar-refractivity contribution >= 4 is 12.1 Å². The van der Waals surface area contributed by atoms with E-state index < -0.39 is 0 Å². The highest BCUT2D eigenvalue weighted by Gasteiger charge is 2.08. The summed E-state index contributed by atoms with van der Waals surface area (Å²) in [6, 6.07) is 14.8. The number of ether oxygens (including phenoxy) is 2. The van der Waals surface area contributed by atoms with Gasteiger partial charge in [0.1, 0.15) is 11.5 Å². The van der Waals surface area contributed by atoms with E-state index in [1.165, 1.54) is 6.20 Å². The summed E-state index contributed by atoms with van der Waals surface area (Å²) in [6.07, 6.45) is 4.71. The molecule has 0 saturated carbocycles. The second-order valence-corrected chi connectivity index (χ2v) is 5.57. The Morgan fingerprint density at radius 3 is 2.52 bits per heavy atom. The lowest BCUT2D eigenvalue weighted by atomic mass is 10.2. The van der Waals surface area contributed by atoms with Crippen LogP contribution < -0.4 is 14.9 Å². The molecule has 138 valence electrons.